The van der Waals surface area contributed by atoms with Gasteiger partial charge in [-0.05, 0) is 65.3 Å². The molecule has 2 unspecified atom stereocenters. The van der Waals surface area contributed by atoms with E-state index in [1.165, 1.54) is 21.3 Å². The zero-order chi connectivity index (χ0) is 11.4. The summed E-state index contributed by atoms with van der Waals surface area (Å²) < 4.78 is 6.93. The van der Waals surface area contributed by atoms with Gasteiger partial charge in [0, 0.05) is 12.6 Å². The Morgan fingerprint density at radius 1 is 1.69 bits per heavy atom. The van der Waals surface area contributed by atoms with Gasteiger partial charge >= 0.3 is 0 Å². The Balaban J connectivity index is 1.85. The molecule has 1 aromatic rings. The lowest BCUT2D eigenvalue weighted by molar-refractivity contribution is 0.0996. The summed E-state index contributed by atoms with van der Waals surface area (Å²) in [6.07, 6.45) is 5.02. The fourth-order valence-electron chi connectivity index (χ4n) is 2.08. The van der Waals surface area contributed by atoms with Crippen molar-refractivity contribution in [2.45, 2.75) is 37.8 Å². The van der Waals surface area contributed by atoms with Gasteiger partial charge in [0.1, 0.15) is 0 Å². The maximum atomic E-state index is 5.62. The van der Waals surface area contributed by atoms with Crippen molar-refractivity contribution >= 4 is 33.9 Å². The smallest absolute Gasteiger partial charge is 0.0656 e. The van der Waals surface area contributed by atoms with Crippen molar-refractivity contribution in [2.75, 3.05) is 6.61 Å². The highest BCUT2D eigenvalue weighted by Crippen LogP contribution is 2.27. The van der Waals surface area contributed by atoms with E-state index < -0.39 is 0 Å². The lowest BCUT2D eigenvalue weighted by Gasteiger charge is -2.16. The van der Waals surface area contributed by atoms with Crippen LogP contribution in [0.3, 0.4) is 0 Å². The van der Waals surface area contributed by atoms with Crippen LogP contribution in [0, 0.1) is 2.88 Å². The first-order chi connectivity index (χ1) is 7.79. The van der Waals surface area contributed by atoms with Gasteiger partial charge in [0.25, 0.3) is 0 Å². The van der Waals surface area contributed by atoms with Crippen molar-refractivity contribution in [3.8, 4) is 0 Å². The summed E-state index contributed by atoms with van der Waals surface area (Å²) in [6, 6.07) is 2.47. The standard InChI is InChI=1S/C11H17IN2OS/c12-11-6-8(7-16-11)10(14-13)4-3-9-2-1-5-15-9/h6-7,9-10,14H,1-5,13H2. The van der Waals surface area contributed by atoms with Gasteiger partial charge in [-0.2, -0.15) is 0 Å². The van der Waals surface area contributed by atoms with E-state index in [2.05, 4.69) is 39.5 Å². The molecule has 1 fully saturated rings. The maximum absolute atomic E-state index is 5.62. The molecule has 1 aliphatic heterocycles. The number of hydrogen-bond donors (Lipinski definition) is 2. The molecule has 3 N–H and O–H groups in total. The van der Waals surface area contributed by atoms with Gasteiger partial charge in [0.05, 0.1) is 8.99 Å². The van der Waals surface area contributed by atoms with Crippen molar-refractivity contribution < 1.29 is 4.74 Å². The maximum Gasteiger partial charge on any atom is 0.0656 e. The second-order valence-electron chi connectivity index (χ2n) is 4.12. The zero-order valence-corrected chi connectivity index (χ0v) is 12.1. The summed E-state index contributed by atoms with van der Waals surface area (Å²) in [5.41, 5.74) is 4.20. The summed E-state index contributed by atoms with van der Waals surface area (Å²) in [5, 5.41) is 2.18. The number of hydrazine groups is 1. The van der Waals surface area contributed by atoms with Gasteiger partial charge in [-0.3, -0.25) is 11.3 Å². The number of hydrogen-bond acceptors (Lipinski definition) is 4. The first-order valence-corrected chi connectivity index (χ1v) is 7.57. The topological polar surface area (TPSA) is 47.3 Å². The average molecular weight is 352 g/mol. The highest BCUT2D eigenvalue weighted by atomic mass is 127. The lowest BCUT2D eigenvalue weighted by Crippen LogP contribution is -2.28. The molecule has 1 saturated heterocycles. The van der Waals surface area contributed by atoms with Crippen molar-refractivity contribution in [3.63, 3.8) is 0 Å². The predicted molar refractivity (Wildman–Crippen MR) is 75.3 cm³/mol. The van der Waals surface area contributed by atoms with Crippen LogP contribution in [0.5, 0.6) is 0 Å². The highest BCUT2D eigenvalue weighted by Gasteiger charge is 2.18. The Kier molecular flexibility index (Phi) is 5.02. The quantitative estimate of drug-likeness (QED) is 0.487. The van der Waals surface area contributed by atoms with Gasteiger partial charge in [-0.25, -0.2) is 0 Å². The molecular formula is C11H17IN2OS. The Bertz CT molecular complexity index is 326. The first-order valence-electron chi connectivity index (χ1n) is 5.61. The Labute approximate surface area is 114 Å². The second kappa shape index (κ2) is 6.30. The van der Waals surface area contributed by atoms with Crippen LogP contribution in [0.15, 0.2) is 11.4 Å². The molecule has 0 aromatic carbocycles. The van der Waals surface area contributed by atoms with E-state index in [0.717, 1.165) is 19.4 Å². The van der Waals surface area contributed by atoms with Crippen LogP contribution in [0.25, 0.3) is 0 Å². The van der Waals surface area contributed by atoms with Crippen LogP contribution < -0.4 is 11.3 Å². The summed E-state index contributed by atoms with van der Waals surface area (Å²) in [7, 11) is 0. The highest BCUT2D eigenvalue weighted by molar-refractivity contribution is 14.1. The van der Waals surface area contributed by atoms with Crippen LogP contribution in [-0.4, -0.2) is 12.7 Å². The molecule has 2 rings (SSSR count). The van der Waals surface area contributed by atoms with Gasteiger partial charge in [0.2, 0.25) is 0 Å². The van der Waals surface area contributed by atoms with Crippen molar-refractivity contribution in [3.05, 3.63) is 19.9 Å². The summed E-state index contributed by atoms with van der Waals surface area (Å²) in [4.78, 5) is 0. The van der Waals surface area contributed by atoms with Gasteiger partial charge in [0.15, 0.2) is 0 Å². The molecule has 0 spiro atoms. The summed E-state index contributed by atoms with van der Waals surface area (Å²) >= 11 is 4.11. The third-order valence-electron chi connectivity index (χ3n) is 2.99. The number of thiophene rings is 1. The minimum absolute atomic E-state index is 0.268. The first kappa shape index (κ1) is 12.8. The Hall–Kier alpha value is 0.310. The molecule has 0 aliphatic carbocycles. The van der Waals surface area contributed by atoms with Crippen molar-refractivity contribution in [1.29, 1.82) is 0 Å². The summed E-state index contributed by atoms with van der Waals surface area (Å²) in [5.74, 6) is 5.61. The van der Waals surface area contributed by atoms with E-state index in [-0.39, 0.29) is 6.04 Å². The monoisotopic (exact) mass is 352 g/mol. The van der Waals surface area contributed by atoms with Crippen LogP contribution in [0.4, 0.5) is 0 Å². The number of nitrogens with two attached hydrogens (primary N) is 1. The molecule has 90 valence electrons. The fraction of sp³-hybridized carbons (Fsp3) is 0.636. The average Bonchev–Trinajstić information content (AvgIpc) is 2.91. The second-order valence-corrected chi connectivity index (χ2v) is 6.92. The van der Waals surface area contributed by atoms with Crippen LogP contribution in [0.1, 0.15) is 37.3 Å². The molecule has 0 amide bonds. The molecule has 0 saturated carbocycles. The molecular weight excluding hydrogens is 335 g/mol. The number of nitrogens with one attached hydrogen (secondary N) is 1. The zero-order valence-electron chi connectivity index (χ0n) is 9.12. The van der Waals surface area contributed by atoms with E-state index in [4.69, 9.17) is 10.6 Å². The molecule has 16 heavy (non-hydrogen) atoms. The Morgan fingerprint density at radius 2 is 2.56 bits per heavy atom. The molecule has 0 bridgehead atoms. The van der Waals surface area contributed by atoms with Crippen molar-refractivity contribution in [2.24, 2.45) is 5.84 Å². The molecule has 2 atom stereocenters. The lowest BCUT2D eigenvalue weighted by atomic mass is 10.0. The van der Waals surface area contributed by atoms with E-state index in [9.17, 15) is 0 Å². The largest absolute Gasteiger partial charge is 0.378 e. The van der Waals surface area contributed by atoms with Gasteiger partial charge in [-0.1, -0.05) is 0 Å². The number of halogens is 1. The Morgan fingerprint density at radius 3 is 3.12 bits per heavy atom. The van der Waals surface area contributed by atoms with E-state index in [1.807, 2.05) is 0 Å². The minimum Gasteiger partial charge on any atom is -0.378 e. The fourth-order valence-corrected chi connectivity index (χ4v) is 3.50. The SMILES string of the molecule is NNC(CCC1CCCO1)c1csc(I)c1. The molecule has 5 heteroatoms. The minimum atomic E-state index is 0.268. The van der Waals surface area contributed by atoms with E-state index >= 15 is 0 Å². The third kappa shape index (κ3) is 3.40. The van der Waals surface area contributed by atoms with Gasteiger partial charge in [-0.15, -0.1) is 11.3 Å². The van der Waals surface area contributed by atoms with Crippen molar-refractivity contribution in [1.82, 2.24) is 5.43 Å². The molecule has 0 radical (unpaired) electrons. The molecule has 3 nitrogen and oxygen atoms in total. The van der Waals surface area contributed by atoms with Crippen LogP contribution >= 0.6 is 33.9 Å². The molecule has 2 heterocycles. The van der Waals surface area contributed by atoms with Crippen LogP contribution in [0.2, 0.25) is 0 Å². The summed E-state index contributed by atoms with van der Waals surface area (Å²) in [6.45, 7) is 0.932. The van der Waals surface area contributed by atoms with Gasteiger partial charge < -0.3 is 4.74 Å². The van der Waals surface area contributed by atoms with E-state index in [0.29, 0.717) is 6.10 Å². The normalized spacial score (nSPS) is 22.5. The van der Waals surface area contributed by atoms with Crippen LogP contribution in [-0.2, 0) is 4.74 Å². The molecule has 1 aliphatic rings. The third-order valence-corrected chi connectivity index (χ3v) is 4.80. The molecule has 1 aromatic heterocycles. The van der Waals surface area contributed by atoms with E-state index in [1.54, 1.807) is 11.3 Å². The number of ether oxygens (including phenoxy) is 1. The predicted octanol–water partition coefficient (Wildman–Crippen LogP) is 2.82. The number of rotatable bonds is 5.